The molecule has 1 heterocycles. The second-order valence-electron chi connectivity index (χ2n) is 6.49. The lowest BCUT2D eigenvalue weighted by Gasteiger charge is -2.15. The summed E-state index contributed by atoms with van der Waals surface area (Å²) >= 11 is 5.87. The van der Waals surface area contributed by atoms with E-state index in [1.807, 2.05) is 31.2 Å². The van der Waals surface area contributed by atoms with Crippen molar-refractivity contribution in [1.82, 2.24) is 15.0 Å². The van der Waals surface area contributed by atoms with E-state index in [9.17, 15) is 8.42 Å². The summed E-state index contributed by atoms with van der Waals surface area (Å²) in [5.74, 6) is 0. The number of pyridine rings is 1. The highest BCUT2D eigenvalue weighted by Crippen LogP contribution is 2.18. The number of aromatic nitrogens is 1. The van der Waals surface area contributed by atoms with Gasteiger partial charge in [-0.05, 0) is 61.2 Å². The van der Waals surface area contributed by atoms with E-state index >= 15 is 0 Å². The summed E-state index contributed by atoms with van der Waals surface area (Å²) in [7, 11) is -3.57. The largest absolute Gasteiger partial charge is 0.315 e. The predicted molar refractivity (Wildman–Crippen MR) is 110 cm³/mol. The first-order valence-corrected chi connectivity index (χ1v) is 10.6. The maximum Gasteiger partial charge on any atom is 0.240 e. The van der Waals surface area contributed by atoms with Gasteiger partial charge in [-0.25, -0.2) is 13.1 Å². The van der Waals surface area contributed by atoms with Crippen LogP contribution in [0.25, 0.3) is 10.8 Å². The van der Waals surface area contributed by atoms with E-state index in [1.165, 1.54) is 5.56 Å². The fourth-order valence-electron chi connectivity index (χ4n) is 2.81. The molecule has 0 aliphatic heterocycles. The van der Waals surface area contributed by atoms with Gasteiger partial charge in [0.05, 0.1) is 4.90 Å². The van der Waals surface area contributed by atoms with Crippen LogP contribution in [0.5, 0.6) is 0 Å². The van der Waals surface area contributed by atoms with Crippen molar-refractivity contribution in [2.75, 3.05) is 13.1 Å². The van der Waals surface area contributed by atoms with E-state index in [1.54, 1.807) is 36.7 Å². The smallest absolute Gasteiger partial charge is 0.240 e. The molecule has 0 radical (unpaired) electrons. The third kappa shape index (κ3) is 5.49. The van der Waals surface area contributed by atoms with Crippen molar-refractivity contribution in [3.05, 3.63) is 71.5 Å². The zero-order valence-corrected chi connectivity index (χ0v) is 16.6. The number of hydrogen-bond donors (Lipinski definition) is 2. The molecule has 1 aromatic heterocycles. The minimum atomic E-state index is -3.57. The molecule has 7 heteroatoms. The van der Waals surface area contributed by atoms with Gasteiger partial charge in [0.2, 0.25) is 10.0 Å². The average Bonchev–Trinajstić information content (AvgIpc) is 2.66. The molecule has 2 N–H and O–H groups in total. The molecule has 0 bridgehead atoms. The second kappa shape index (κ2) is 8.80. The van der Waals surface area contributed by atoms with Crippen LogP contribution in [0, 0.1) is 0 Å². The molecule has 0 saturated heterocycles. The summed E-state index contributed by atoms with van der Waals surface area (Å²) in [6, 6.07) is 14.3. The molecule has 1 atom stereocenters. The number of nitrogens with zero attached hydrogens (tertiary/aromatic N) is 1. The Bertz CT molecular complexity index is 1010. The molecule has 0 fully saturated rings. The van der Waals surface area contributed by atoms with Crippen molar-refractivity contribution in [3.8, 4) is 0 Å². The monoisotopic (exact) mass is 403 g/mol. The Morgan fingerprint density at radius 1 is 1.07 bits per heavy atom. The van der Waals surface area contributed by atoms with Crippen molar-refractivity contribution in [1.29, 1.82) is 0 Å². The molecule has 3 rings (SSSR count). The summed E-state index contributed by atoms with van der Waals surface area (Å²) in [4.78, 5) is 4.30. The summed E-state index contributed by atoms with van der Waals surface area (Å²) in [5, 5.41) is 5.76. The van der Waals surface area contributed by atoms with Crippen molar-refractivity contribution in [2.24, 2.45) is 0 Å². The summed E-state index contributed by atoms with van der Waals surface area (Å²) in [5.41, 5.74) is 1.19. The zero-order valence-electron chi connectivity index (χ0n) is 15.0. The van der Waals surface area contributed by atoms with E-state index < -0.39 is 10.0 Å². The number of nitrogens with one attached hydrogen (secondary N) is 2. The van der Waals surface area contributed by atoms with Gasteiger partial charge >= 0.3 is 0 Å². The van der Waals surface area contributed by atoms with Gasteiger partial charge in [0.15, 0.2) is 0 Å². The fraction of sp³-hybridized carbons (Fsp3) is 0.250. The lowest BCUT2D eigenvalue weighted by atomic mass is 10.1. The highest BCUT2D eigenvalue weighted by atomic mass is 35.5. The van der Waals surface area contributed by atoms with Crippen LogP contribution in [0.4, 0.5) is 0 Å². The van der Waals surface area contributed by atoms with Gasteiger partial charge in [-0.3, -0.25) is 4.98 Å². The first kappa shape index (κ1) is 19.8. The molecule has 5 nitrogen and oxygen atoms in total. The second-order valence-corrected chi connectivity index (χ2v) is 8.64. The van der Waals surface area contributed by atoms with Crippen molar-refractivity contribution < 1.29 is 8.42 Å². The van der Waals surface area contributed by atoms with Gasteiger partial charge in [-0.15, -0.1) is 0 Å². The highest BCUT2D eigenvalue weighted by molar-refractivity contribution is 7.89. The molecule has 0 amide bonds. The maximum absolute atomic E-state index is 12.6. The first-order valence-electron chi connectivity index (χ1n) is 8.75. The lowest BCUT2D eigenvalue weighted by Crippen LogP contribution is -2.40. The quantitative estimate of drug-likeness (QED) is 0.565. The Hall–Kier alpha value is -1.99. The predicted octanol–water partition coefficient (Wildman–Crippen LogP) is 3.39. The normalized spacial score (nSPS) is 13.0. The molecule has 0 aliphatic rings. The Balaban J connectivity index is 1.52. The Labute approximate surface area is 164 Å². The molecule has 1 unspecified atom stereocenters. The molecule has 142 valence electrons. The van der Waals surface area contributed by atoms with Crippen LogP contribution in [-0.2, 0) is 16.4 Å². The molecule has 27 heavy (non-hydrogen) atoms. The number of halogens is 1. The minimum Gasteiger partial charge on any atom is -0.315 e. The number of sulfonamides is 1. The van der Waals surface area contributed by atoms with Crippen molar-refractivity contribution in [2.45, 2.75) is 24.3 Å². The standard InChI is InChI=1S/C20H22ClN3O2S/c1-15(13-22-10-8-16-2-5-19(21)6-3-16)24-27(25,26)20-7-4-18-14-23-11-9-17(18)12-20/h2-7,9,11-12,14-15,22,24H,8,10,13H2,1H3. The van der Waals surface area contributed by atoms with E-state index in [4.69, 9.17) is 11.6 Å². The van der Waals surface area contributed by atoms with Crippen LogP contribution in [-0.4, -0.2) is 32.5 Å². The molecule has 0 aliphatic carbocycles. The van der Waals surface area contributed by atoms with Gasteiger partial charge in [0.25, 0.3) is 0 Å². The van der Waals surface area contributed by atoms with Gasteiger partial charge in [0, 0.05) is 35.4 Å². The van der Waals surface area contributed by atoms with Crippen LogP contribution in [0.2, 0.25) is 5.02 Å². The number of hydrogen-bond acceptors (Lipinski definition) is 4. The van der Waals surface area contributed by atoms with Crippen LogP contribution in [0.3, 0.4) is 0 Å². The van der Waals surface area contributed by atoms with E-state index in [-0.39, 0.29) is 10.9 Å². The van der Waals surface area contributed by atoms with E-state index in [0.29, 0.717) is 6.54 Å². The van der Waals surface area contributed by atoms with Gasteiger partial charge in [-0.1, -0.05) is 29.8 Å². The van der Waals surface area contributed by atoms with Crippen molar-refractivity contribution >= 4 is 32.4 Å². The van der Waals surface area contributed by atoms with E-state index in [0.717, 1.165) is 28.8 Å². The molecular formula is C20H22ClN3O2S. The van der Waals surface area contributed by atoms with Crippen LogP contribution < -0.4 is 10.0 Å². The van der Waals surface area contributed by atoms with Gasteiger partial charge in [0.1, 0.15) is 0 Å². The Kier molecular flexibility index (Phi) is 6.44. The molecule has 0 spiro atoms. The van der Waals surface area contributed by atoms with Gasteiger partial charge < -0.3 is 5.32 Å². The molecule has 0 saturated carbocycles. The zero-order chi connectivity index (χ0) is 19.3. The van der Waals surface area contributed by atoms with Crippen molar-refractivity contribution in [3.63, 3.8) is 0 Å². The van der Waals surface area contributed by atoms with Crippen LogP contribution >= 0.6 is 11.6 Å². The first-order chi connectivity index (χ1) is 12.9. The van der Waals surface area contributed by atoms with Crippen LogP contribution in [0.1, 0.15) is 12.5 Å². The third-order valence-corrected chi connectivity index (χ3v) is 6.07. The number of fused-ring (bicyclic) bond motifs is 1. The SMILES string of the molecule is CC(CNCCc1ccc(Cl)cc1)NS(=O)(=O)c1ccc2cnccc2c1. The van der Waals surface area contributed by atoms with Gasteiger partial charge in [-0.2, -0.15) is 0 Å². The minimum absolute atomic E-state index is 0.228. The molecule has 3 aromatic rings. The summed E-state index contributed by atoms with van der Waals surface area (Å²) < 4.78 is 27.9. The highest BCUT2D eigenvalue weighted by Gasteiger charge is 2.17. The maximum atomic E-state index is 12.6. The fourth-order valence-corrected chi connectivity index (χ4v) is 4.21. The Morgan fingerprint density at radius 3 is 2.63 bits per heavy atom. The molecule has 2 aromatic carbocycles. The third-order valence-electron chi connectivity index (χ3n) is 4.23. The number of rotatable bonds is 8. The lowest BCUT2D eigenvalue weighted by molar-refractivity contribution is 0.537. The van der Waals surface area contributed by atoms with E-state index in [2.05, 4.69) is 15.0 Å². The molecular weight excluding hydrogens is 382 g/mol. The summed E-state index contributed by atoms with van der Waals surface area (Å²) in [6.07, 6.45) is 4.22. The number of benzene rings is 2. The topological polar surface area (TPSA) is 71.1 Å². The average molecular weight is 404 g/mol. The summed E-state index contributed by atoms with van der Waals surface area (Å²) in [6.45, 7) is 3.15. The Morgan fingerprint density at radius 2 is 1.85 bits per heavy atom. The van der Waals surface area contributed by atoms with Crippen LogP contribution in [0.15, 0.2) is 65.8 Å².